The van der Waals surface area contributed by atoms with Gasteiger partial charge in [0, 0.05) is 35.2 Å². The minimum Gasteiger partial charge on any atom is -0.465 e. The quantitative estimate of drug-likeness (QED) is 0.624. The number of hydrogen-bond donors (Lipinski definition) is 0. The van der Waals surface area contributed by atoms with Gasteiger partial charge in [-0.15, -0.1) is 0 Å². The molecule has 0 bridgehead atoms. The molecular formula is C20H16ClN3O4. The van der Waals surface area contributed by atoms with Gasteiger partial charge in [-0.1, -0.05) is 22.8 Å². The Morgan fingerprint density at radius 3 is 2.79 bits per heavy atom. The van der Waals surface area contributed by atoms with E-state index in [1.807, 2.05) is 12.1 Å². The van der Waals surface area contributed by atoms with Crippen LogP contribution in [0.15, 0.2) is 53.1 Å². The number of anilines is 1. The lowest BCUT2D eigenvalue weighted by atomic mass is 10.1. The van der Waals surface area contributed by atoms with Gasteiger partial charge in [-0.05, 0) is 42.5 Å². The summed E-state index contributed by atoms with van der Waals surface area (Å²) in [7, 11) is 1.32. The zero-order valence-electron chi connectivity index (χ0n) is 15.0. The highest BCUT2D eigenvalue weighted by molar-refractivity contribution is 6.30. The number of esters is 1. The van der Waals surface area contributed by atoms with Crippen LogP contribution in [0.3, 0.4) is 0 Å². The summed E-state index contributed by atoms with van der Waals surface area (Å²) in [6, 6.07) is 13.9. The molecule has 8 heteroatoms. The predicted octanol–water partition coefficient (Wildman–Crippen LogP) is 3.70. The van der Waals surface area contributed by atoms with Crippen LogP contribution in [-0.4, -0.2) is 35.7 Å². The van der Waals surface area contributed by atoms with Gasteiger partial charge in [0.2, 0.25) is 5.91 Å². The molecule has 0 saturated carbocycles. The van der Waals surface area contributed by atoms with E-state index >= 15 is 0 Å². The van der Waals surface area contributed by atoms with Crippen molar-refractivity contribution in [1.82, 2.24) is 10.1 Å². The topological polar surface area (TPSA) is 85.5 Å². The minimum atomic E-state index is -0.443. The van der Waals surface area contributed by atoms with Gasteiger partial charge < -0.3 is 14.2 Å². The third-order valence-electron chi connectivity index (χ3n) is 4.60. The molecule has 2 aromatic carbocycles. The van der Waals surface area contributed by atoms with E-state index in [-0.39, 0.29) is 17.7 Å². The second-order valence-corrected chi connectivity index (χ2v) is 6.85. The van der Waals surface area contributed by atoms with E-state index in [4.69, 9.17) is 20.9 Å². The van der Waals surface area contributed by atoms with Crippen molar-refractivity contribution in [2.24, 2.45) is 0 Å². The predicted molar refractivity (Wildman–Crippen MR) is 102 cm³/mol. The highest BCUT2D eigenvalue weighted by atomic mass is 35.5. The lowest BCUT2D eigenvalue weighted by molar-refractivity contribution is -0.117. The second kappa shape index (κ2) is 7.44. The number of rotatable bonds is 4. The number of benzene rings is 2. The van der Waals surface area contributed by atoms with Crippen LogP contribution in [0.2, 0.25) is 5.02 Å². The number of halogens is 1. The molecule has 0 aliphatic carbocycles. The fraction of sp³-hybridized carbons (Fsp3) is 0.200. The molecule has 0 radical (unpaired) electrons. The Balaban J connectivity index is 1.54. The van der Waals surface area contributed by atoms with Gasteiger partial charge in [0.15, 0.2) is 5.82 Å². The fourth-order valence-electron chi connectivity index (χ4n) is 3.17. The van der Waals surface area contributed by atoms with E-state index in [0.29, 0.717) is 34.9 Å². The minimum absolute atomic E-state index is 0.00800. The van der Waals surface area contributed by atoms with Crippen molar-refractivity contribution in [2.45, 2.75) is 12.3 Å². The van der Waals surface area contributed by atoms with Crippen LogP contribution in [0.1, 0.15) is 28.5 Å². The molecule has 4 rings (SSSR count). The van der Waals surface area contributed by atoms with Crippen LogP contribution >= 0.6 is 11.6 Å². The molecule has 1 aromatic heterocycles. The molecule has 7 nitrogen and oxygen atoms in total. The normalized spacial score (nSPS) is 16.4. The summed E-state index contributed by atoms with van der Waals surface area (Å²) in [5.74, 6) is 0.124. The zero-order valence-corrected chi connectivity index (χ0v) is 15.7. The highest BCUT2D eigenvalue weighted by Crippen LogP contribution is 2.32. The summed E-state index contributed by atoms with van der Waals surface area (Å²) in [6.45, 7) is 0.460. The maximum Gasteiger partial charge on any atom is 0.337 e. The molecule has 3 aromatic rings. The smallest absolute Gasteiger partial charge is 0.337 e. The standard InChI is InChI=1S/C20H16ClN3O4/c1-27-20(26)13-4-2-3-12(9-13)19-22-18(23-28-19)14-10-17(25)24(11-14)16-7-5-15(21)6-8-16/h2-9,14H,10-11H2,1H3. The van der Waals surface area contributed by atoms with Crippen molar-refractivity contribution in [1.29, 1.82) is 0 Å². The first-order valence-electron chi connectivity index (χ1n) is 8.63. The molecule has 1 fully saturated rings. The first-order valence-corrected chi connectivity index (χ1v) is 9.01. The number of carbonyl (C=O) groups is 2. The van der Waals surface area contributed by atoms with Gasteiger partial charge in [0.1, 0.15) is 0 Å². The second-order valence-electron chi connectivity index (χ2n) is 6.41. The van der Waals surface area contributed by atoms with Crippen LogP contribution < -0.4 is 4.90 Å². The summed E-state index contributed by atoms with van der Waals surface area (Å²) in [5, 5.41) is 4.66. The van der Waals surface area contributed by atoms with Gasteiger partial charge in [-0.3, -0.25) is 4.79 Å². The largest absolute Gasteiger partial charge is 0.465 e. The number of hydrogen-bond acceptors (Lipinski definition) is 6. The Kier molecular flexibility index (Phi) is 4.83. The Morgan fingerprint density at radius 1 is 1.25 bits per heavy atom. The summed E-state index contributed by atoms with van der Waals surface area (Å²) in [5.41, 5.74) is 1.79. The van der Waals surface area contributed by atoms with Gasteiger partial charge in [-0.25, -0.2) is 4.79 Å². The van der Waals surface area contributed by atoms with Crippen LogP contribution in [0.5, 0.6) is 0 Å². The summed E-state index contributed by atoms with van der Waals surface area (Å²) in [4.78, 5) is 30.3. The van der Waals surface area contributed by atoms with E-state index in [1.54, 1.807) is 41.3 Å². The summed E-state index contributed by atoms with van der Waals surface area (Å²) in [6.07, 6.45) is 0.295. The molecule has 1 aliphatic heterocycles. The first kappa shape index (κ1) is 18.2. The lowest BCUT2D eigenvalue weighted by Gasteiger charge is -2.16. The van der Waals surface area contributed by atoms with E-state index in [9.17, 15) is 9.59 Å². The van der Waals surface area contributed by atoms with Crippen molar-refractivity contribution in [2.75, 3.05) is 18.6 Å². The molecular weight excluding hydrogens is 382 g/mol. The highest BCUT2D eigenvalue weighted by Gasteiger charge is 2.34. The van der Waals surface area contributed by atoms with Crippen LogP contribution in [0, 0.1) is 0 Å². The number of methoxy groups -OCH3 is 1. The Morgan fingerprint density at radius 2 is 2.04 bits per heavy atom. The van der Waals surface area contributed by atoms with E-state index < -0.39 is 5.97 Å². The summed E-state index contributed by atoms with van der Waals surface area (Å²) < 4.78 is 10.1. The lowest BCUT2D eigenvalue weighted by Crippen LogP contribution is -2.24. The van der Waals surface area contributed by atoms with Crippen LogP contribution in [-0.2, 0) is 9.53 Å². The molecule has 2 heterocycles. The van der Waals surface area contributed by atoms with Crippen molar-refractivity contribution in [3.05, 3.63) is 64.9 Å². The average molecular weight is 398 g/mol. The third-order valence-corrected chi connectivity index (χ3v) is 4.85. The first-order chi connectivity index (χ1) is 13.5. The monoisotopic (exact) mass is 397 g/mol. The molecule has 0 spiro atoms. The zero-order chi connectivity index (χ0) is 19.7. The van der Waals surface area contributed by atoms with Gasteiger partial charge in [0.25, 0.3) is 5.89 Å². The molecule has 1 saturated heterocycles. The van der Waals surface area contributed by atoms with Gasteiger partial charge in [0.05, 0.1) is 12.7 Å². The molecule has 1 aliphatic rings. The van der Waals surface area contributed by atoms with Crippen LogP contribution in [0.25, 0.3) is 11.5 Å². The molecule has 142 valence electrons. The Labute approximate surface area is 165 Å². The van der Waals surface area contributed by atoms with Gasteiger partial charge >= 0.3 is 5.97 Å². The molecule has 1 atom stereocenters. The number of carbonyl (C=O) groups excluding carboxylic acids is 2. The van der Waals surface area contributed by atoms with E-state index in [1.165, 1.54) is 7.11 Å². The number of ether oxygens (including phenoxy) is 1. The maximum atomic E-state index is 12.4. The Hall–Kier alpha value is -3.19. The van der Waals surface area contributed by atoms with Crippen molar-refractivity contribution < 1.29 is 18.8 Å². The average Bonchev–Trinajstić information content (AvgIpc) is 3.35. The number of nitrogens with zero attached hydrogens (tertiary/aromatic N) is 3. The number of amides is 1. The Bertz CT molecular complexity index is 1030. The number of aromatic nitrogens is 2. The fourth-order valence-corrected chi connectivity index (χ4v) is 3.29. The van der Waals surface area contributed by atoms with Crippen molar-refractivity contribution in [3.8, 4) is 11.5 Å². The molecule has 1 unspecified atom stereocenters. The molecule has 28 heavy (non-hydrogen) atoms. The van der Waals surface area contributed by atoms with Crippen LogP contribution in [0.4, 0.5) is 5.69 Å². The summed E-state index contributed by atoms with van der Waals surface area (Å²) >= 11 is 5.92. The van der Waals surface area contributed by atoms with Crippen molar-refractivity contribution >= 4 is 29.2 Å². The van der Waals surface area contributed by atoms with Crippen molar-refractivity contribution in [3.63, 3.8) is 0 Å². The van der Waals surface area contributed by atoms with E-state index in [0.717, 1.165) is 5.69 Å². The molecule has 1 amide bonds. The van der Waals surface area contributed by atoms with E-state index in [2.05, 4.69) is 10.1 Å². The molecule has 0 N–H and O–H groups in total. The van der Waals surface area contributed by atoms with Gasteiger partial charge in [-0.2, -0.15) is 4.98 Å². The SMILES string of the molecule is COC(=O)c1cccc(-c2nc(C3CC(=O)N(c4ccc(Cl)cc4)C3)no2)c1. The maximum absolute atomic E-state index is 12.4. The third kappa shape index (κ3) is 3.48.